The number of amides is 3. The van der Waals surface area contributed by atoms with E-state index in [4.69, 9.17) is 16.3 Å². The zero-order chi connectivity index (χ0) is 21.0. The highest BCUT2D eigenvalue weighted by Crippen LogP contribution is 2.27. The van der Waals surface area contributed by atoms with Crippen LogP contribution in [0.25, 0.3) is 0 Å². The van der Waals surface area contributed by atoms with Gasteiger partial charge in [0, 0.05) is 18.0 Å². The van der Waals surface area contributed by atoms with Crippen LogP contribution < -0.4 is 9.64 Å². The van der Waals surface area contributed by atoms with Crippen molar-refractivity contribution in [2.45, 2.75) is 32.2 Å². The molecule has 0 saturated carbocycles. The smallest absolute Gasteiger partial charge is 0.257 e. The summed E-state index contributed by atoms with van der Waals surface area (Å²) < 4.78 is 5.16. The molecular formula is C22H23ClN2O4. The molecule has 1 fully saturated rings. The van der Waals surface area contributed by atoms with Crippen molar-refractivity contribution in [2.24, 2.45) is 0 Å². The van der Waals surface area contributed by atoms with Crippen LogP contribution >= 0.6 is 11.6 Å². The van der Waals surface area contributed by atoms with E-state index in [-0.39, 0.29) is 30.6 Å². The van der Waals surface area contributed by atoms with E-state index in [0.717, 1.165) is 16.2 Å². The van der Waals surface area contributed by atoms with E-state index in [0.29, 0.717) is 23.7 Å². The Labute approximate surface area is 175 Å². The van der Waals surface area contributed by atoms with Gasteiger partial charge in [-0.2, -0.15) is 0 Å². The van der Waals surface area contributed by atoms with Crippen LogP contribution in [0.15, 0.2) is 48.5 Å². The summed E-state index contributed by atoms with van der Waals surface area (Å²) in [6.45, 7) is 2.11. The molecule has 29 heavy (non-hydrogen) atoms. The third kappa shape index (κ3) is 4.59. The van der Waals surface area contributed by atoms with Crippen molar-refractivity contribution in [3.63, 3.8) is 0 Å². The molecule has 3 amide bonds. The maximum atomic E-state index is 13.0. The normalized spacial score (nSPS) is 16.2. The molecule has 2 aromatic rings. The molecule has 6 nitrogen and oxygen atoms in total. The number of carbonyl (C=O) groups excluding carboxylic acids is 3. The Kier molecular flexibility index (Phi) is 6.54. The highest BCUT2D eigenvalue weighted by Gasteiger charge is 2.43. The molecule has 1 aliphatic heterocycles. The quantitative estimate of drug-likeness (QED) is 0.651. The Morgan fingerprint density at radius 2 is 1.79 bits per heavy atom. The number of nitrogens with zero attached hydrogens (tertiary/aromatic N) is 2. The number of ether oxygens (including phenoxy) is 1. The Bertz CT molecular complexity index is 896. The van der Waals surface area contributed by atoms with Gasteiger partial charge >= 0.3 is 0 Å². The average molecular weight is 415 g/mol. The average Bonchev–Trinajstić information content (AvgIpc) is 3.03. The minimum atomic E-state index is -0.788. The Hall–Kier alpha value is -2.86. The first kappa shape index (κ1) is 20.9. The van der Waals surface area contributed by atoms with Gasteiger partial charge in [-0.15, -0.1) is 0 Å². The Morgan fingerprint density at radius 3 is 2.38 bits per heavy atom. The molecule has 1 aliphatic rings. The number of hydrogen-bond acceptors (Lipinski definition) is 4. The predicted octanol–water partition coefficient (Wildman–Crippen LogP) is 3.46. The molecule has 0 N–H and O–H groups in total. The molecule has 1 saturated heterocycles. The van der Waals surface area contributed by atoms with Gasteiger partial charge < -0.3 is 9.64 Å². The summed E-state index contributed by atoms with van der Waals surface area (Å²) in [4.78, 5) is 40.8. The molecule has 0 unspecified atom stereocenters. The van der Waals surface area contributed by atoms with Gasteiger partial charge in [-0.1, -0.05) is 30.7 Å². The highest BCUT2D eigenvalue weighted by molar-refractivity contribution is 6.30. The fourth-order valence-corrected chi connectivity index (χ4v) is 3.55. The van der Waals surface area contributed by atoms with E-state index in [1.54, 1.807) is 38.3 Å². The fourth-order valence-electron chi connectivity index (χ4n) is 3.42. The van der Waals surface area contributed by atoms with Crippen molar-refractivity contribution >= 4 is 35.0 Å². The van der Waals surface area contributed by atoms with Gasteiger partial charge in [0.05, 0.1) is 19.2 Å². The van der Waals surface area contributed by atoms with Crippen LogP contribution in [0, 0.1) is 0 Å². The molecule has 2 aromatic carbocycles. The molecule has 1 atom stereocenters. The molecule has 0 spiro atoms. The monoisotopic (exact) mass is 414 g/mol. The standard InChI is InChI=1S/C22H23ClN2O4/c1-3-20(26)24(13-12-15-4-10-18(29-2)11-5-15)19-14-21(27)25(22(19)28)17-8-6-16(23)7-9-17/h4-11,19H,3,12-14H2,1-2H3/t19-/m1/s1. The number of hydrogen-bond donors (Lipinski definition) is 0. The number of halogens is 1. The summed E-state index contributed by atoms with van der Waals surface area (Å²) in [5, 5.41) is 0.520. The van der Waals surface area contributed by atoms with Crippen molar-refractivity contribution in [2.75, 3.05) is 18.6 Å². The molecule has 152 valence electrons. The zero-order valence-electron chi connectivity index (χ0n) is 16.4. The molecule has 0 bridgehead atoms. The maximum Gasteiger partial charge on any atom is 0.257 e. The van der Waals surface area contributed by atoms with Gasteiger partial charge in [0.1, 0.15) is 11.8 Å². The second kappa shape index (κ2) is 9.09. The third-order valence-electron chi connectivity index (χ3n) is 5.01. The summed E-state index contributed by atoms with van der Waals surface area (Å²) in [5.41, 5.74) is 1.48. The van der Waals surface area contributed by atoms with Gasteiger partial charge in [0.2, 0.25) is 11.8 Å². The van der Waals surface area contributed by atoms with E-state index in [1.165, 1.54) is 4.90 Å². The largest absolute Gasteiger partial charge is 0.497 e. The Balaban J connectivity index is 1.77. The van der Waals surface area contributed by atoms with Gasteiger partial charge in [-0.25, -0.2) is 4.90 Å². The van der Waals surface area contributed by atoms with Crippen LogP contribution in [-0.4, -0.2) is 42.3 Å². The lowest BCUT2D eigenvalue weighted by molar-refractivity contribution is -0.138. The van der Waals surface area contributed by atoms with E-state index >= 15 is 0 Å². The first-order chi connectivity index (χ1) is 13.9. The zero-order valence-corrected chi connectivity index (χ0v) is 17.2. The second-order valence-corrected chi connectivity index (χ2v) is 7.24. The van der Waals surface area contributed by atoms with Crippen LogP contribution in [-0.2, 0) is 20.8 Å². The summed E-state index contributed by atoms with van der Waals surface area (Å²) in [6, 6.07) is 13.3. The van der Waals surface area contributed by atoms with E-state index in [1.807, 2.05) is 24.3 Å². The lowest BCUT2D eigenvalue weighted by atomic mass is 10.1. The van der Waals surface area contributed by atoms with Crippen molar-refractivity contribution in [3.8, 4) is 5.75 Å². The summed E-state index contributed by atoms with van der Waals surface area (Å²) in [5.74, 6) is -0.0949. The number of anilines is 1. The molecule has 3 rings (SSSR count). The summed E-state index contributed by atoms with van der Waals surface area (Å²) in [7, 11) is 1.60. The molecule has 0 radical (unpaired) electrons. The van der Waals surface area contributed by atoms with Crippen molar-refractivity contribution in [1.29, 1.82) is 0 Å². The Morgan fingerprint density at radius 1 is 1.14 bits per heavy atom. The highest BCUT2D eigenvalue weighted by atomic mass is 35.5. The van der Waals surface area contributed by atoms with Gasteiger partial charge in [-0.05, 0) is 48.4 Å². The third-order valence-corrected chi connectivity index (χ3v) is 5.26. The molecule has 7 heteroatoms. The maximum absolute atomic E-state index is 13.0. The van der Waals surface area contributed by atoms with Crippen molar-refractivity contribution < 1.29 is 19.1 Å². The van der Waals surface area contributed by atoms with Gasteiger partial charge in [-0.3, -0.25) is 14.4 Å². The lowest BCUT2D eigenvalue weighted by Gasteiger charge is -2.27. The predicted molar refractivity (Wildman–Crippen MR) is 111 cm³/mol. The number of benzene rings is 2. The second-order valence-electron chi connectivity index (χ2n) is 6.80. The molecule has 1 heterocycles. The topological polar surface area (TPSA) is 66.9 Å². The molecule has 0 aliphatic carbocycles. The first-order valence-electron chi connectivity index (χ1n) is 9.49. The van der Waals surface area contributed by atoms with Crippen LogP contribution in [0.1, 0.15) is 25.3 Å². The van der Waals surface area contributed by atoms with E-state index in [2.05, 4.69) is 0 Å². The van der Waals surface area contributed by atoms with Crippen molar-refractivity contribution in [1.82, 2.24) is 4.90 Å². The molecular weight excluding hydrogens is 392 g/mol. The van der Waals surface area contributed by atoms with E-state index < -0.39 is 6.04 Å². The molecule has 0 aromatic heterocycles. The summed E-state index contributed by atoms with van der Waals surface area (Å²) >= 11 is 5.90. The van der Waals surface area contributed by atoms with E-state index in [9.17, 15) is 14.4 Å². The minimum absolute atomic E-state index is 0.0180. The van der Waals surface area contributed by atoms with Crippen LogP contribution in [0.2, 0.25) is 5.02 Å². The van der Waals surface area contributed by atoms with Crippen LogP contribution in [0.5, 0.6) is 5.75 Å². The SMILES string of the molecule is CCC(=O)N(CCc1ccc(OC)cc1)[C@@H]1CC(=O)N(c2ccc(Cl)cc2)C1=O. The van der Waals surface area contributed by atoms with Gasteiger partial charge in [0.15, 0.2) is 0 Å². The van der Waals surface area contributed by atoms with Crippen LogP contribution in [0.4, 0.5) is 5.69 Å². The fraction of sp³-hybridized carbons (Fsp3) is 0.318. The lowest BCUT2D eigenvalue weighted by Crippen LogP contribution is -2.46. The summed E-state index contributed by atoms with van der Waals surface area (Å²) in [6.07, 6.45) is 0.825. The first-order valence-corrected chi connectivity index (χ1v) is 9.87. The van der Waals surface area contributed by atoms with Crippen LogP contribution in [0.3, 0.4) is 0 Å². The van der Waals surface area contributed by atoms with Gasteiger partial charge in [0.25, 0.3) is 5.91 Å². The van der Waals surface area contributed by atoms with Crippen molar-refractivity contribution in [3.05, 3.63) is 59.1 Å². The number of carbonyl (C=O) groups is 3. The minimum Gasteiger partial charge on any atom is -0.497 e. The number of rotatable bonds is 7. The number of imide groups is 1. The number of methoxy groups -OCH3 is 1.